The van der Waals surface area contributed by atoms with Gasteiger partial charge in [-0.2, -0.15) is 0 Å². The van der Waals surface area contributed by atoms with E-state index in [1.165, 1.54) is 24.1 Å². The number of hydrogen-bond donors (Lipinski definition) is 1. The molecule has 0 aliphatic heterocycles. The molecule has 4 heteroatoms. The van der Waals surface area contributed by atoms with Gasteiger partial charge in [-0.25, -0.2) is 9.97 Å². The Bertz CT molecular complexity index is 652. The van der Waals surface area contributed by atoms with Crippen LogP contribution in [0.2, 0.25) is 0 Å². The van der Waals surface area contributed by atoms with E-state index in [9.17, 15) is 0 Å². The van der Waals surface area contributed by atoms with Crippen molar-refractivity contribution in [3.05, 3.63) is 35.2 Å². The van der Waals surface area contributed by atoms with E-state index in [2.05, 4.69) is 11.9 Å². The highest BCUT2D eigenvalue weighted by atomic mass is 16.5. The Hall–Kier alpha value is -2.10. The number of methoxy groups -OCH3 is 1. The van der Waals surface area contributed by atoms with E-state index in [0.717, 1.165) is 29.9 Å². The molecule has 2 N–H and O–H groups in total. The largest absolute Gasteiger partial charge is 0.495 e. The molecule has 104 valence electrons. The summed E-state index contributed by atoms with van der Waals surface area (Å²) in [5, 5.41) is 0. The van der Waals surface area contributed by atoms with Crippen LogP contribution in [0.3, 0.4) is 0 Å². The van der Waals surface area contributed by atoms with E-state index in [-0.39, 0.29) is 0 Å². The minimum Gasteiger partial charge on any atom is -0.495 e. The fraction of sp³-hybridized carbons (Fsp3) is 0.375. The molecule has 2 aromatic rings. The van der Waals surface area contributed by atoms with E-state index in [1.54, 1.807) is 7.11 Å². The highest BCUT2D eigenvalue weighted by Crippen LogP contribution is 2.29. The Morgan fingerprint density at radius 1 is 1.15 bits per heavy atom. The lowest BCUT2D eigenvalue weighted by molar-refractivity contribution is 0.417. The van der Waals surface area contributed by atoms with Crippen molar-refractivity contribution in [3.8, 4) is 17.1 Å². The van der Waals surface area contributed by atoms with Gasteiger partial charge >= 0.3 is 0 Å². The molecular weight excluding hydrogens is 250 g/mol. The number of aromatic nitrogens is 2. The third kappa shape index (κ3) is 2.22. The molecule has 0 radical (unpaired) electrons. The molecule has 0 atom stereocenters. The van der Waals surface area contributed by atoms with E-state index in [4.69, 9.17) is 15.5 Å². The molecule has 0 spiro atoms. The lowest BCUT2D eigenvalue weighted by Crippen LogP contribution is -2.10. The molecule has 1 aliphatic rings. The normalized spacial score (nSPS) is 13.9. The van der Waals surface area contributed by atoms with E-state index in [0.29, 0.717) is 11.4 Å². The molecule has 20 heavy (non-hydrogen) atoms. The average molecular weight is 269 g/mol. The Morgan fingerprint density at radius 2 is 1.95 bits per heavy atom. The van der Waals surface area contributed by atoms with Crippen LogP contribution in [0.1, 0.15) is 29.8 Å². The minimum absolute atomic E-state index is 0.630. The second-order valence-electron chi connectivity index (χ2n) is 5.22. The molecule has 1 aromatic carbocycles. The van der Waals surface area contributed by atoms with E-state index < -0.39 is 0 Å². The third-order valence-electron chi connectivity index (χ3n) is 3.88. The van der Waals surface area contributed by atoms with Crippen molar-refractivity contribution in [3.63, 3.8) is 0 Å². The zero-order valence-corrected chi connectivity index (χ0v) is 11.9. The number of aryl methyl sites for hydroxylation is 2. The van der Waals surface area contributed by atoms with Gasteiger partial charge in [0.1, 0.15) is 5.75 Å². The number of rotatable bonds is 2. The van der Waals surface area contributed by atoms with Crippen LogP contribution in [0, 0.1) is 6.92 Å². The predicted octanol–water partition coefficient (Wildman–Crippen LogP) is 2.92. The molecule has 4 nitrogen and oxygen atoms in total. The molecule has 0 saturated heterocycles. The number of nitrogens with zero attached hydrogens (tertiary/aromatic N) is 2. The highest BCUT2D eigenvalue weighted by Gasteiger charge is 2.16. The fourth-order valence-electron chi connectivity index (χ4n) is 2.76. The molecule has 3 rings (SSSR count). The van der Waals surface area contributed by atoms with Gasteiger partial charge < -0.3 is 10.5 Å². The zero-order chi connectivity index (χ0) is 14.1. The van der Waals surface area contributed by atoms with Crippen LogP contribution in [-0.4, -0.2) is 17.1 Å². The first kappa shape index (κ1) is 12.9. The van der Waals surface area contributed by atoms with Crippen molar-refractivity contribution in [2.24, 2.45) is 0 Å². The summed E-state index contributed by atoms with van der Waals surface area (Å²) in [4.78, 5) is 9.40. The molecule has 0 unspecified atom stereocenters. The van der Waals surface area contributed by atoms with Gasteiger partial charge in [-0.3, -0.25) is 0 Å². The number of nitrogens with two attached hydrogens (primary N) is 1. The van der Waals surface area contributed by atoms with Crippen LogP contribution in [0.5, 0.6) is 5.75 Å². The molecule has 1 aromatic heterocycles. The Balaban J connectivity index is 2.08. The van der Waals surface area contributed by atoms with E-state index >= 15 is 0 Å². The van der Waals surface area contributed by atoms with Crippen LogP contribution in [-0.2, 0) is 12.8 Å². The number of hydrogen-bond acceptors (Lipinski definition) is 4. The third-order valence-corrected chi connectivity index (χ3v) is 3.88. The summed E-state index contributed by atoms with van der Waals surface area (Å²) < 4.78 is 5.27. The lowest BCUT2D eigenvalue weighted by atomic mass is 9.95. The maximum absolute atomic E-state index is 5.85. The van der Waals surface area contributed by atoms with Gasteiger partial charge in [0.2, 0.25) is 0 Å². The predicted molar refractivity (Wildman–Crippen MR) is 79.8 cm³/mol. The number of nitrogen functional groups attached to an aromatic ring is 1. The highest BCUT2D eigenvalue weighted by molar-refractivity contribution is 5.65. The summed E-state index contributed by atoms with van der Waals surface area (Å²) in [6.07, 6.45) is 4.62. The van der Waals surface area contributed by atoms with Gasteiger partial charge in [0, 0.05) is 17.0 Å². The quantitative estimate of drug-likeness (QED) is 0.851. The number of fused-ring (bicyclic) bond motifs is 1. The maximum Gasteiger partial charge on any atom is 0.159 e. The topological polar surface area (TPSA) is 61.0 Å². The number of benzene rings is 1. The van der Waals surface area contributed by atoms with Gasteiger partial charge in [-0.15, -0.1) is 0 Å². The summed E-state index contributed by atoms with van der Waals surface area (Å²) in [6, 6.07) is 5.69. The fourth-order valence-corrected chi connectivity index (χ4v) is 2.76. The summed E-state index contributed by atoms with van der Waals surface area (Å²) in [5.74, 6) is 1.43. The van der Waals surface area contributed by atoms with Gasteiger partial charge in [-0.05, 0) is 56.4 Å². The molecule has 1 aliphatic carbocycles. The van der Waals surface area contributed by atoms with Gasteiger partial charge in [0.25, 0.3) is 0 Å². The van der Waals surface area contributed by atoms with Crippen LogP contribution in [0.25, 0.3) is 11.4 Å². The van der Waals surface area contributed by atoms with Gasteiger partial charge in [0.15, 0.2) is 5.82 Å². The lowest BCUT2D eigenvalue weighted by Gasteiger charge is -2.17. The summed E-state index contributed by atoms with van der Waals surface area (Å²) in [7, 11) is 1.62. The maximum atomic E-state index is 5.85. The Labute approximate surface area is 119 Å². The standard InChI is InChI=1S/C16H19N3O/c1-10-12-5-3-4-6-14(12)19-16(18-10)11-7-8-13(17)15(9-11)20-2/h7-9H,3-6,17H2,1-2H3. The second kappa shape index (κ2) is 5.12. The van der Waals surface area contributed by atoms with Crippen LogP contribution in [0.15, 0.2) is 18.2 Å². The SMILES string of the molecule is COc1cc(-c2nc(C)c3c(n2)CCCC3)ccc1N. The van der Waals surface area contributed by atoms with Crippen molar-refractivity contribution in [2.45, 2.75) is 32.6 Å². The van der Waals surface area contributed by atoms with Crippen molar-refractivity contribution < 1.29 is 4.74 Å². The molecule has 0 fully saturated rings. The zero-order valence-electron chi connectivity index (χ0n) is 11.9. The number of anilines is 1. The summed E-state index contributed by atoms with van der Waals surface area (Å²) >= 11 is 0. The van der Waals surface area contributed by atoms with Crippen LogP contribution in [0.4, 0.5) is 5.69 Å². The van der Waals surface area contributed by atoms with Crippen molar-refractivity contribution in [1.29, 1.82) is 0 Å². The van der Waals surface area contributed by atoms with Gasteiger partial charge in [0.05, 0.1) is 12.8 Å². The first-order chi connectivity index (χ1) is 9.69. The molecule has 1 heterocycles. The molecule has 0 amide bonds. The van der Waals surface area contributed by atoms with E-state index in [1.807, 2.05) is 18.2 Å². The molecule has 0 saturated carbocycles. The number of ether oxygens (including phenoxy) is 1. The molecule has 0 bridgehead atoms. The van der Waals surface area contributed by atoms with Crippen molar-refractivity contribution in [2.75, 3.05) is 12.8 Å². The average Bonchev–Trinajstić information content (AvgIpc) is 2.47. The monoisotopic (exact) mass is 269 g/mol. The first-order valence-electron chi connectivity index (χ1n) is 6.99. The smallest absolute Gasteiger partial charge is 0.159 e. The van der Waals surface area contributed by atoms with Crippen LogP contribution >= 0.6 is 0 Å². The summed E-state index contributed by atoms with van der Waals surface area (Å²) in [6.45, 7) is 2.07. The minimum atomic E-state index is 0.630. The Kier molecular flexibility index (Phi) is 3.30. The second-order valence-corrected chi connectivity index (χ2v) is 5.22. The van der Waals surface area contributed by atoms with Crippen LogP contribution < -0.4 is 10.5 Å². The van der Waals surface area contributed by atoms with Crippen molar-refractivity contribution in [1.82, 2.24) is 9.97 Å². The van der Waals surface area contributed by atoms with Gasteiger partial charge in [-0.1, -0.05) is 0 Å². The van der Waals surface area contributed by atoms with Crippen molar-refractivity contribution >= 4 is 5.69 Å². The summed E-state index contributed by atoms with van der Waals surface area (Å²) in [5.41, 5.74) is 11.1. The first-order valence-corrected chi connectivity index (χ1v) is 6.99. The molecular formula is C16H19N3O. The Morgan fingerprint density at radius 3 is 2.75 bits per heavy atom.